The number of thioether (sulfide) groups is 1. The summed E-state index contributed by atoms with van der Waals surface area (Å²) in [5, 5.41) is 12.6. The standard InChI is InChI=1S/C14H15F3N6O3S/c1-7(2)10(11(24)19-12(18)25)27-13-20-21-22-23(13)8-3-5-9(6-4-8)26-14(15,16)17/h3-7,10H,1-2H3,(H3,18,19,24,25)/t10-/m1/s1. The second-order valence-corrected chi connectivity index (χ2v) is 6.66. The molecule has 0 aliphatic rings. The Hall–Kier alpha value is -2.83. The van der Waals surface area contributed by atoms with Crippen molar-refractivity contribution in [2.24, 2.45) is 11.7 Å². The molecule has 2 aromatic rings. The SMILES string of the molecule is CC(C)[C@@H](Sc1nnnn1-c1ccc(OC(F)(F)F)cc1)C(=O)NC(N)=O. The van der Waals surface area contributed by atoms with Crippen LogP contribution in [0.1, 0.15) is 13.8 Å². The van der Waals surface area contributed by atoms with E-state index in [1.165, 1.54) is 16.8 Å². The normalized spacial score (nSPS) is 12.7. The molecule has 146 valence electrons. The summed E-state index contributed by atoms with van der Waals surface area (Å²) >= 11 is 0.985. The summed E-state index contributed by atoms with van der Waals surface area (Å²) in [4.78, 5) is 23.0. The summed E-state index contributed by atoms with van der Waals surface area (Å²) in [6, 6.07) is 3.90. The predicted octanol–water partition coefficient (Wildman–Crippen LogP) is 1.87. The van der Waals surface area contributed by atoms with Gasteiger partial charge in [-0.25, -0.2) is 4.79 Å². The predicted molar refractivity (Wildman–Crippen MR) is 88.0 cm³/mol. The van der Waals surface area contributed by atoms with Gasteiger partial charge >= 0.3 is 12.4 Å². The monoisotopic (exact) mass is 404 g/mol. The minimum absolute atomic E-state index is 0.193. The van der Waals surface area contributed by atoms with Crippen LogP contribution in [-0.4, -0.2) is 43.8 Å². The maximum absolute atomic E-state index is 12.2. The molecule has 0 fully saturated rings. The van der Waals surface area contributed by atoms with Crippen LogP contribution in [0, 0.1) is 5.92 Å². The third-order valence-electron chi connectivity index (χ3n) is 3.10. The minimum atomic E-state index is -4.80. The van der Waals surface area contributed by atoms with Gasteiger partial charge in [0.05, 0.1) is 10.9 Å². The number of tetrazole rings is 1. The molecular weight excluding hydrogens is 389 g/mol. The van der Waals surface area contributed by atoms with Crippen LogP contribution in [0.3, 0.4) is 0 Å². The van der Waals surface area contributed by atoms with Crippen LogP contribution in [0.15, 0.2) is 29.4 Å². The van der Waals surface area contributed by atoms with Crippen molar-refractivity contribution in [2.45, 2.75) is 30.6 Å². The summed E-state index contributed by atoms with van der Waals surface area (Å²) in [7, 11) is 0. The van der Waals surface area contributed by atoms with E-state index in [2.05, 4.69) is 20.3 Å². The highest BCUT2D eigenvalue weighted by molar-refractivity contribution is 8.00. The molecule has 0 radical (unpaired) electrons. The zero-order valence-electron chi connectivity index (χ0n) is 14.1. The summed E-state index contributed by atoms with van der Waals surface area (Å²) in [5.41, 5.74) is 5.32. The number of urea groups is 1. The molecule has 0 bridgehead atoms. The van der Waals surface area contributed by atoms with Gasteiger partial charge in [0.25, 0.3) is 0 Å². The van der Waals surface area contributed by atoms with Crippen LogP contribution in [0.2, 0.25) is 0 Å². The number of hydrogen-bond donors (Lipinski definition) is 2. The van der Waals surface area contributed by atoms with Crippen molar-refractivity contribution >= 4 is 23.7 Å². The lowest BCUT2D eigenvalue weighted by Gasteiger charge is -2.18. The highest BCUT2D eigenvalue weighted by Gasteiger charge is 2.31. The van der Waals surface area contributed by atoms with Crippen molar-refractivity contribution in [1.29, 1.82) is 0 Å². The maximum atomic E-state index is 12.2. The van der Waals surface area contributed by atoms with Crippen molar-refractivity contribution in [2.75, 3.05) is 0 Å². The molecule has 3 amide bonds. The van der Waals surface area contributed by atoms with Crippen LogP contribution >= 0.6 is 11.8 Å². The Morgan fingerprint density at radius 3 is 2.41 bits per heavy atom. The number of primary amides is 1. The fraction of sp³-hybridized carbons (Fsp3) is 0.357. The van der Waals surface area contributed by atoms with Crippen LogP contribution in [0.4, 0.5) is 18.0 Å². The van der Waals surface area contributed by atoms with E-state index in [0.717, 1.165) is 23.9 Å². The Morgan fingerprint density at radius 1 is 1.26 bits per heavy atom. The number of benzene rings is 1. The zero-order valence-corrected chi connectivity index (χ0v) is 14.9. The number of aromatic nitrogens is 4. The number of nitrogens with zero attached hydrogens (tertiary/aromatic N) is 4. The summed E-state index contributed by atoms with van der Waals surface area (Å²) in [5.74, 6) is -1.19. The van der Waals surface area contributed by atoms with Gasteiger partial charge in [-0.1, -0.05) is 25.6 Å². The lowest BCUT2D eigenvalue weighted by molar-refractivity contribution is -0.274. The summed E-state index contributed by atoms with van der Waals surface area (Å²) < 4.78 is 41.7. The molecule has 0 saturated carbocycles. The summed E-state index contributed by atoms with van der Waals surface area (Å²) in [6.07, 6.45) is -4.80. The Balaban J connectivity index is 2.21. The maximum Gasteiger partial charge on any atom is 0.573 e. The number of amides is 3. The molecule has 1 atom stereocenters. The minimum Gasteiger partial charge on any atom is -0.406 e. The zero-order chi connectivity index (χ0) is 20.2. The van der Waals surface area contributed by atoms with Gasteiger partial charge in [-0.2, -0.15) is 4.68 Å². The molecule has 0 aliphatic carbocycles. The number of nitrogens with two attached hydrogens (primary N) is 1. The van der Waals surface area contributed by atoms with Crippen molar-refractivity contribution in [3.8, 4) is 11.4 Å². The molecule has 0 unspecified atom stereocenters. The first-order chi connectivity index (χ1) is 12.6. The van der Waals surface area contributed by atoms with Gasteiger partial charge < -0.3 is 10.5 Å². The van der Waals surface area contributed by atoms with Gasteiger partial charge in [-0.15, -0.1) is 18.3 Å². The fourth-order valence-electron chi connectivity index (χ4n) is 2.00. The molecule has 13 heteroatoms. The van der Waals surface area contributed by atoms with Gasteiger partial charge in [-0.05, 0) is 40.6 Å². The largest absolute Gasteiger partial charge is 0.573 e. The molecule has 0 aliphatic heterocycles. The lowest BCUT2D eigenvalue weighted by atomic mass is 10.1. The van der Waals surface area contributed by atoms with Gasteiger partial charge in [0.1, 0.15) is 5.75 Å². The first kappa shape index (κ1) is 20.5. The topological polar surface area (TPSA) is 125 Å². The number of rotatable bonds is 6. The highest BCUT2D eigenvalue weighted by Crippen LogP contribution is 2.29. The Kier molecular flexibility index (Phi) is 6.25. The van der Waals surface area contributed by atoms with Crippen LogP contribution in [-0.2, 0) is 4.79 Å². The second kappa shape index (κ2) is 8.24. The number of halogens is 3. The van der Waals surface area contributed by atoms with Crippen molar-refractivity contribution < 1.29 is 27.5 Å². The van der Waals surface area contributed by atoms with Crippen molar-refractivity contribution in [3.05, 3.63) is 24.3 Å². The number of hydrogen-bond acceptors (Lipinski definition) is 7. The van der Waals surface area contributed by atoms with Gasteiger partial charge in [0.2, 0.25) is 11.1 Å². The number of ether oxygens (including phenoxy) is 1. The average molecular weight is 404 g/mol. The smallest absolute Gasteiger partial charge is 0.406 e. The summed E-state index contributed by atoms with van der Waals surface area (Å²) in [6.45, 7) is 3.52. The Morgan fingerprint density at radius 2 is 1.89 bits per heavy atom. The number of carbonyl (C=O) groups excluding carboxylic acids is 2. The highest BCUT2D eigenvalue weighted by atomic mass is 32.2. The second-order valence-electron chi connectivity index (χ2n) is 5.55. The fourth-order valence-corrected chi connectivity index (χ4v) is 2.99. The number of imide groups is 1. The lowest BCUT2D eigenvalue weighted by Crippen LogP contribution is -2.42. The molecule has 0 saturated heterocycles. The average Bonchev–Trinajstić information content (AvgIpc) is 2.99. The van der Waals surface area contributed by atoms with E-state index < -0.39 is 29.3 Å². The quantitative estimate of drug-likeness (QED) is 0.704. The van der Waals surface area contributed by atoms with Crippen molar-refractivity contribution in [1.82, 2.24) is 25.5 Å². The van der Waals surface area contributed by atoms with Gasteiger partial charge in [0, 0.05) is 0 Å². The Labute approximate surface area is 155 Å². The third kappa shape index (κ3) is 5.84. The molecule has 1 aromatic heterocycles. The molecule has 1 aromatic carbocycles. The van der Waals surface area contributed by atoms with E-state index in [4.69, 9.17) is 5.73 Å². The van der Waals surface area contributed by atoms with Crippen LogP contribution in [0.5, 0.6) is 5.75 Å². The van der Waals surface area contributed by atoms with Gasteiger partial charge in [-0.3, -0.25) is 10.1 Å². The van der Waals surface area contributed by atoms with E-state index in [0.29, 0.717) is 5.69 Å². The third-order valence-corrected chi connectivity index (χ3v) is 4.58. The van der Waals surface area contributed by atoms with Crippen LogP contribution < -0.4 is 15.8 Å². The van der Waals surface area contributed by atoms with E-state index in [1.54, 1.807) is 13.8 Å². The first-order valence-corrected chi connectivity index (χ1v) is 8.36. The van der Waals surface area contributed by atoms with E-state index in [-0.39, 0.29) is 11.1 Å². The molecule has 2 rings (SSSR count). The molecular formula is C14H15F3N6O3S. The molecule has 0 spiro atoms. The van der Waals surface area contributed by atoms with Crippen molar-refractivity contribution in [3.63, 3.8) is 0 Å². The molecule has 9 nitrogen and oxygen atoms in total. The molecule has 3 N–H and O–H groups in total. The van der Waals surface area contributed by atoms with Crippen LogP contribution in [0.25, 0.3) is 5.69 Å². The van der Waals surface area contributed by atoms with E-state index in [9.17, 15) is 22.8 Å². The number of alkyl halides is 3. The number of nitrogens with one attached hydrogen (secondary N) is 1. The Bertz CT molecular complexity index is 809. The molecule has 1 heterocycles. The molecule has 27 heavy (non-hydrogen) atoms. The van der Waals surface area contributed by atoms with Gasteiger partial charge in [0.15, 0.2) is 0 Å². The first-order valence-electron chi connectivity index (χ1n) is 7.48. The van der Waals surface area contributed by atoms with E-state index >= 15 is 0 Å². The number of carbonyl (C=O) groups is 2. The van der Waals surface area contributed by atoms with E-state index in [1.807, 2.05) is 5.32 Å².